The van der Waals surface area contributed by atoms with E-state index < -0.39 is 0 Å². The molecule has 0 saturated heterocycles. The summed E-state index contributed by atoms with van der Waals surface area (Å²) in [6.45, 7) is 6.92. The zero-order valence-electron chi connectivity index (χ0n) is 12.9. The number of hydrogen-bond acceptors (Lipinski definition) is 3. The molecule has 20 heavy (non-hydrogen) atoms. The molecular weight excluding hydrogens is 250 g/mol. The summed E-state index contributed by atoms with van der Waals surface area (Å²) >= 11 is 0. The van der Waals surface area contributed by atoms with Gasteiger partial charge in [-0.05, 0) is 43.6 Å². The van der Waals surface area contributed by atoms with Gasteiger partial charge in [0.15, 0.2) is 0 Å². The fourth-order valence-electron chi connectivity index (χ4n) is 2.77. The molecule has 4 heteroatoms. The van der Waals surface area contributed by atoms with Crippen LogP contribution in [0.1, 0.15) is 29.8 Å². The quantitative estimate of drug-likeness (QED) is 0.863. The highest BCUT2D eigenvalue weighted by Gasteiger charge is 2.20. The lowest BCUT2D eigenvalue weighted by molar-refractivity contribution is 0.0929. The van der Waals surface area contributed by atoms with Crippen molar-refractivity contribution in [2.45, 2.75) is 20.3 Å². The average Bonchev–Trinajstić information content (AvgIpc) is 2.81. The van der Waals surface area contributed by atoms with Gasteiger partial charge in [-0.15, -0.1) is 0 Å². The fraction of sp³-hybridized carbons (Fsp3) is 0.562. The van der Waals surface area contributed by atoms with Gasteiger partial charge in [0, 0.05) is 30.9 Å². The van der Waals surface area contributed by atoms with Crippen LogP contribution in [0.25, 0.3) is 0 Å². The molecule has 0 atom stereocenters. The molecule has 4 nitrogen and oxygen atoms in total. The van der Waals surface area contributed by atoms with Crippen molar-refractivity contribution in [2.75, 3.05) is 39.0 Å². The van der Waals surface area contributed by atoms with Crippen molar-refractivity contribution in [3.63, 3.8) is 0 Å². The van der Waals surface area contributed by atoms with Crippen LogP contribution in [0, 0.1) is 5.41 Å². The fourth-order valence-corrected chi connectivity index (χ4v) is 2.77. The number of nitrogens with zero attached hydrogens (tertiary/aromatic N) is 1. The average molecular weight is 275 g/mol. The van der Waals surface area contributed by atoms with Crippen molar-refractivity contribution in [3.8, 4) is 0 Å². The maximum Gasteiger partial charge on any atom is 0.251 e. The van der Waals surface area contributed by atoms with E-state index in [4.69, 9.17) is 0 Å². The molecule has 1 aromatic rings. The smallest absolute Gasteiger partial charge is 0.251 e. The summed E-state index contributed by atoms with van der Waals surface area (Å²) in [7, 11) is 4.10. The number of carbonyl (C=O) groups is 1. The highest BCUT2D eigenvalue weighted by atomic mass is 16.1. The first-order chi connectivity index (χ1) is 9.37. The monoisotopic (exact) mass is 275 g/mol. The number of nitrogens with one attached hydrogen (secondary N) is 2. The number of rotatable bonds is 5. The van der Waals surface area contributed by atoms with Crippen LogP contribution in [0.5, 0.6) is 0 Å². The van der Waals surface area contributed by atoms with E-state index in [1.807, 2.05) is 12.1 Å². The summed E-state index contributed by atoms with van der Waals surface area (Å²) in [5.74, 6) is 0.00771. The Labute approximate surface area is 121 Å². The first-order valence-electron chi connectivity index (χ1n) is 7.17. The van der Waals surface area contributed by atoms with Gasteiger partial charge < -0.3 is 15.5 Å². The molecule has 0 unspecified atom stereocenters. The number of amides is 1. The number of fused-ring (bicyclic) bond motifs is 1. The second-order valence-corrected chi connectivity index (χ2v) is 6.63. The van der Waals surface area contributed by atoms with Crippen molar-refractivity contribution in [1.29, 1.82) is 0 Å². The van der Waals surface area contributed by atoms with Crippen LogP contribution in [0.3, 0.4) is 0 Å². The molecule has 0 spiro atoms. The van der Waals surface area contributed by atoms with E-state index in [2.05, 4.69) is 49.5 Å². The van der Waals surface area contributed by atoms with Gasteiger partial charge in [-0.25, -0.2) is 0 Å². The van der Waals surface area contributed by atoms with Crippen LogP contribution in [0.2, 0.25) is 0 Å². The van der Waals surface area contributed by atoms with Crippen LogP contribution in [0.4, 0.5) is 5.69 Å². The topological polar surface area (TPSA) is 44.4 Å². The predicted octanol–water partition coefficient (Wildman–Crippen LogP) is 1.97. The minimum absolute atomic E-state index is 0.00771. The zero-order chi connectivity index (χ0) is 14.8. The van der Waals surface area contributed by atoms with E-state index in [1.54, 1.807) is 0 Å². The van der Waals surface area contributed by atoms with Gasteiger partial charge in [-0.1, -0.05) is 19.9 Å². The van der Waals surface area contributed by atoms with Crippen LogP contribution >= 0.6 is 0 Å². The molecule has 2 N–H and O–H groups in total. The lowest BCUT2D eigenvalue weighted by atomic mass is 9.93. The molecule has 1 aliphatic heterocycles. The Morgan fingerprint density at radius 2 is 2.15 bits per heavy atom. The lowest BCUT2D eigenvalue weighted by Gasteiger charge is -2.28. The summed E-state index contributed by atoms with van der Waals surface area (Å²) in [6, 6.07) is 5.92. The number of anilines is 1. The summed E-state index contributed by atoms with van der Waals surface area (Å²) in [4.78, 5) is 14.4. The molecule has 110 valence electrons. The van der Waals surface area contributed by atoms with Crippen LogP contribution in [0.15, 0.2) is 18.2 Å². The normalized spacial score (nSPS) is 14.1. The van der Waals surface area contributed by atoms with E-state index in [9.17, 15) is 4.79 Å². The Hall–Kier alpha value is -1.55. The Kier molecular flexibility index (Phi) is 4.33. The molecule has 0 radical (unpaired) electrons. The van der Waals surface area contributed by atoms with Crippen molar-refractivity contribution in [2.24, 2.45) is 5.41 Å². The lowest BCUT2D eigenvalue weighted by Crippen LogP contribution is -2.39. The second-order valence-electron chi connectivity index (χ2n) is 6.63. The molecule has 1 aromatic carbocycles. The maximum atomic E-state index is 12.2. The van der Waals surface area contributed by atoms with Gasteiger partial charge in [-0.3, -0.25) is 4.79 Å². The first kappa shape index (κ1) is 14.9. The molecule has 1 amide bonds. The van der Waals surface area contributed by atoms with E-state index in [-0.39, 0.29) is 11.3 Å². The molecule has 0 aliphatic carbocycles. The van der Waals surface area contributed by atoms with Crippen molar-refractivity contribution >= 4 is 11.6 Å². The van der Waals surface area contributed by atoms with E-state index in [1.165, 1.54) is 5.56 Å². The second kappa shape index (κ2) is 5.83. The minimum Gasteiger partial charge on any atom is -0.384 e. The zero-order valence-corrected chi connectivity index (χ0v) is 12.9. The predicted molar refractivity (Wildman–Crippen MR) is 83.3 cm³/mol. The summed E-state index contributed by atoms with van der Waals surface area (Å²) in [5, 5.41) is 6.35. The number of hydrogen-bond donors (Lipinski definition) is 2. The SMILES string of the molecule is CN(C)CC(C)(C)CNC(=O)c1ccc2c(c1)NCC2. The molecule has 2 rings (SSSR count). The highest BCUT2D eigenvalue weighted by Crippen LogP contribution is 2.23. The highest BCUT2D eigenvalue weighted by molar-refractivity contribution is 5.95. The number of carbonyl (C=O) groups excluding carboxylic acids is 1. The molecule has 0 aromatic heterocycles. The Bertz CT molecular complexity index is 494. The van der Waals surface area contributed by atoms with Gasteiger partial charge >= 0.3 is 0 Å². The maximum absolute atomic E-state index is 12.2. The van der Waals surface area contributed by atoms with Crippen molar-refractivity contribution in [3.05, 3.63) is 29.3 Å². The Balaban J connectivity index is 1.95. The third-order valence-corrected chi connectivity index (χ3v) is 3.55. The molecular formula is C16H25N3O. The first-order valence-corrected chi connectivity index (χ1v) is 7.17. The summed E-state index contributed by atoms with van der Waals surface area (Å²) in [5.41, 5.74) is 3.20. The van der Waals surface area contributed by atoms with Gasteiger partial charge in [0.05, 0.1) is 0 Å². The van der Waals surface area contributed by atoms with Crippen molar-refractivity contribution in [1.82, 2.24) is 10.2 Å². The largest absolute Gasteiger partial charge is 0.384 e. The van der Waals surface area contributed by atoms with Crippen LogP contribution in [-0.4, -0.2) is 44.5 Å². The molecule has 0 fully saturated rings. The third kappa shape index (κ3) is 3.73. The van der Waals surface area contributed by atoms with Gasteiger partial charge in [0.1, 0.15) is 0 Å². The van der Waals surface area contributed by atoms with Gasteiger partial charge in [0.2, 0.25) is 0 Å². The van der Waals surface area contributed by atoms with Gasteiger partial charge in [-0.2, -0.15) is 0 Å². The van der Waals surface area contributed by atoms with E-state index >= 15 is 0 Å². The van der Waals surface area contributed by atoms with Gasteiger partial charge in [0.25, 0.3) is 5.91 Å². The summed E-state index contributed by atoms with van der Waals surface area (Å²) < 4.78 is 0. The van der Waals surface area contributed by atoms with Crippen molar-refractivity contribution < 1.29 is 4.79 Å². The van der Waals surface area contributed by atoms with E-state index in [0.29, 0.717) is 6.54 Å². The third-order valence-electron chi connectivity index (χ3n) is 3.55. The summed E-state index contributed by atoms with van der Waals surface area (Å²) in [6.07, 6.45) is 1.05. The van der Waals surface area contributed by atoms with Crippen LogP contribution in [-0.2, 0) is 6.42 Å². The van der Waals surface area contributed by atoms with E-state index in [0.717, 1.165) is 30.8 Å². The van der Waals surface area contributed by atoms with Crippen LogP contribution < -0.4 is 10.6 Å². The minimum atomic E-state index is 0.00771. The standard InChI is InChI=1S/C16H25N3O/c1-16(2,11-19(3)4)10-18-15(20)13-6-5-12-7-8-17-14(12)9-13/h5-6,9,17H,7-8,10-11H2,1-4H3,(H,18,20). The molecule has 1 aliphatic rings. The molecule has 0 saturated carbocycles. The number of benzene rings is 1. The Morgan fingerprint density at radius 3 is 2.85 bits per heavy atom. The Morgan fingerprint density at radius 1 is 1.40 bits per heavy atom. The molecule has 0 bridgehead atoms. The molecule has 1 heterocycles.